The highest BCUT2D eigenvalue weighted by Gasteiger charge is 2.20. The van der Waals surface area contributed by atoms with E-state index in [9.17, 15) is 4.79 Å². The number of anilines is 1. The zero-order valence-electron chi connectivity index (χ0n) is 10.1. The van der Waals surface area contributed by atoms with Crippen molar-refractivity contribution in [1.82, 2.24) is 5.32 Å². The first-order chi connectivity index (χ1) is 8.20. The average molecular weight is 233 g/mol. The lowest BCUT2D eigenvalue weighted by molar-refractivity contribution is 0.255. The zero-order valence-corrected chi connectivity index (χ0v) is 10.1. The first-order valence-electron chi connectivity index (χ1n) is 6.03. The number of piperidine rings is 1. The van der Waals surface area contributed by atoms with Crippen molar-refractivity contribution in [3.63, 3.8) is 0 Å². The molecule has 4 heteroatoms. The van der Waals surface area contributed by atoms with Crippen molar-refractivity contribution < 1.29 is 4.79 Å². The summed E-state index contributed by atoms with van der Waals surface area (Å²) in [4.78, 5) is 12.8. The van der Waals surface area contributed by atoms with Gasteiger partial charge in [0.15, 0.2) is 0 Å². The molecule has 1 aliphatic heterocycles. The third-order valence-corrected chi connectivity index (χ3v) is 3.41. The highest BCUT2D eigenvalue weighted by molar-refractivity contribution is 5.91. The molecule has 2 rings (SSSR count). The lowest BCUT2D eigenvalue weighted by atomic mass is 9.89. The maximum Gasteiger partial charge on any atom is 0.319 e. The smallest absolute Gasteiger partial charge is 0.319 e. The van der Waals surface area contributed by atoms with Crippen LogP contribution in [-0.2, 0) is 0 Å². The molecule has 1 fully saturated rings. The second-order valence-corrected chi connectivity index (χ2v) is 4.48. The number of nitrogens with zero attached hydrogens (tertiary/aromatic N) is 1. The molecule has 0 saturated carbocycles. The molecule has 1 heterocycles. The molecule has 0 radical (unpaired) electrons. The summed E-state index contributed by atoms with van der Waals surface area (Å²) in [5.41, 5.74) is 7.51. The number of carbonyl (C=O) groups excluding carboxylic acids is 1. The Morgan fingerprint density at radius 1 is 1.35 bits per heavy atom. The van der Waals surface area contributed by atoms with Crippen LogP contribution in [0, 0.1) is 0 Å². The summed E-state index contributed by atoms with van der Waals surface area (Å²) in [5.74, 6) is 0.522. The van der Waals surface area contributed by atoms with Gasteiger partial charge in [-0.05, 0) is 43.5 Å². The molecule has 4 nitrogen and oxygen atoms in total. The SMILES string of the molecule is CN(C(N)=O)c1ccccc1C1CCNCC1. The minimum atomic E-state index is -0.411. The third-order valence-electron chi connectivity index (χ3n) is 3.41. The number of nitrogens with two attached hydrogens (primary N) is 1. The molecule has 0 atom stereocenters. The molecule has 0 aliphatic carbocycles. The number of rotatable bonds is 2. The Labute approximate surface area is 102 Å². The second-order valence-electron chi connectivity index (χ2n) is 4.48. The molecule has 0 bridgehead atoms. The fourth-order valence-electron chi connectivity index (χ4n) is 2.39. The molecular formula is C13H19N3O. The Balaban J connectivity index is 2.29. The van der Waals surface area contributed by atoms with Crippen molar-refractivity contribution in [2.75, 3.05) is 25.0 Å². The third kappa shape index (κ3) is 2.58. The van der Waals surface area contributed by atoms with Crippen LogP contribution >= 0.6 is 0 Å². The van der Waals surface area contributed by atoms with Gasteiger partial charge in [0.05, 0.1) is 0 Å². The predicted molar refractivity (Wildman–Crippen MR) is 69.3 cm³/mol. The van der Waals surface area contributed by atoms with Gasteiger partial charge < -0.3 is 11.1 Å². The molecule has 1 aromatic carbocycles. The number of nitrogens with one attached hydrogen (secondary N) is 1. The lowest BCUT2D eigenvalue weighted by Crippen LogP contribution is -2.33. The summed E-state index contributed by atoms with van der Waals surface area (Å²) in [6.07, 6.45) is 2.23. The van der Waals surface area contributed by atoms with Gasteiger partial charge in [0.1, 0.15) is 0 Å². The van der Waals surface area contributed by atoms with E-state index in [0.29, 0.717) is 5.92 Å². The summed E-state index contributed by atoms with van der Waals surface area (Å²) in [5, 5.41) is 3.35. The number of para-hydroxylation sites is 1. The first kappa shape index (κ1) is 11.9. The maximum atomic E-state index is 11.3. The van der Waals surface area contributed by atoms with Crippen molar-refractivity contribution in [2.24, 2.45) is 5.73 Å². The van der Waals surface area contributed by atoms with Crippen LogP contribution in [0.1, 0.15) is 24.3 Å². The quantitative estimate of drug-likeness (QED) is 0.816. The lowest BCUT2D eigenvalue weighted by Gasteiger charge is -2.27. The monoisotopic (exact) mass is 233 g/mol. The number of urea groups is 1. The van der Waals surface area contributed by atoms with Crippen LogP contribution in [0.15, 0.2) is 24.3 Å². The fourth-order valence-corrected chi connectivity index (χ4v) is 2.39. The normalized spacial score (nSPS) is 16.8. The molecule has 3 N–H and O–H groups in total. The number of primary amides is 1. The molecule has 1 aromatic rings. The highest BCUT2D eigenvalue weighted by Crippen LogP contribution is 2.32. The number of hydrogen-bond donors (Lipinski definition) is 2. The second kappa shape index (κ2) is 5.19. The van der Waals surface area contributed by atoms with E-state index >= 15 is 0 Å². The average Bonchev–Trinajstić information content (AvgIpc) is 2.39. The fraction of sp³-hybridized carbons (Fsp3) is 0.462. The van der Waals surface area contributed by atoms with Crippen molar-refractivity contribution in [1.29, 1.82) is 0 Å². The molecular weight excluding hydrogens is 214 g/mol. The van der Waals surface area contributed by atoms with E-state index in [1.807, 2.05) is 18.2 Å². The van der Waals surface area contributed by atoms with E-state index in [-0.39, 0.29) is 0 Å². The van der Waals surface area contributed by atoms with E-state index in [2.05, 4.69) is 11.4 Å². The van der Waals surface area contributed by atoms with E-state index in [0.717, 1.165) is 31.6 Å². The maximum absolute atomic E-state index is 11.3. The zero-order chi connectivity index (χ0) is 12.3. The van der Waals surface area contributed by atoms with Gasteiger partial charge in [0.25, 0.3) is 0 Å². The van der Waals surface area contributed by atoms with Gasteiger partial charge in [0.2, 0.25) is 0 Å². The van der Waals surface area contributed by atoms with Crippen LogP contribution < -0.4 is 16.0 Å². The van der Waals surface area contributed by atoms with Crippen LogP contribution in [0.5, 0.6) is 0 Å². The Kier molecular flexibility index (Phi) is 3.64. The Bertz CT molecular complexity index is 399. The predicted octanol–water partition coefficient (Wildman–Crippen LogP) is 1.67. The Morgan fingerprint density at radius 3 is 2.65 bits per heavy atom. The minimum Gasteiger partial charge on any atom is -0.351 e. The van der Waals surface area contributed by atoms with Crippen molar-refractivity contribution in [3.8, 4) is 0 Å². The molecule has 1 saturated heterocycles. The van der Waals surface area contributed by atoms with Crippen LogP contribution in [-0.4, -0.2) is 26.2 Å². The molecule has 0 unspecified atom stereocenters. The number of hydrogen-bond acceptors (Lipinski definition) is 2. The summed E-state index contributed by atoms with van der Waals surface area (Å²) >= 11 is 0. The molecule has 2 amide bonds. The molecule has 0 spiro atoms. The van der Waals surface area contributed by atoms with E-state index in [1.165, 1.54) is 10.5 Å². The number of benzene rings is 1. The van der Waals surface area contributed by atoms with Gasteiger partial charge >= 0.3 is 6.03 Å². The van der Waals surface area contributed by atoms with E-state index in [4.69, 9.17) is 5.73 Å². The summed E-state index contributed by atoms with van der Waals surface area (Å²) in [6, 6.07) is 7.62. The minimum absolute atomic E-state index is 0.411. The van der Waals surface area contributed by atoms with Crippen LogP contribution in [0.4, 0.5) is 10.5 Å². The van der Waals surface area contributed by atoms with E-state index < -0.39 is 6.03 Å². The Hall–Kier alpha value is -1.55. The highest BCUT2D eigenvalue weighted by atomic mass is 16.2. The van der Waals surface area contributed by atoms with Crippen molar-refractivity contribution in [2.45, 2.75) is 18.8 Å². The summed E-state index contributed by atoms with van der Waals surface area (Å²) in [7, 11) is 1.72. The number of carbonyl (C=O) groups is 1. The van der Waals surface area contributed by atoms with Gasteiger partial charge in [0, 0.05) is 12.7 Å². The van der Waals surface area contributed by atoms with Gasteiger partial charge in [-0.2, -0.15) is 0 Å². The van der Waals surface area contributed by atoms with Gasteiger partial charge in [-0.25, -0.2) is 4.79 Å². The molecule has 92 valence electrons. The van der Waals surface area contributed by atoms with Crippen molar-refractivity contribution >= 4 is 11.7 Å². The number of amides is 2. The standard InChI is InChI=1S/C13H19N3O/c1-16(13(14)17)12-5-3-2-4-11(12)10-6-8-15-9-7-10/h2-5,10,15H,6-9H2,1H3,(H2,14,17). The molecule has 0 aromatic heterocycles. The van der Waals surface area contributed by atoms with Crippen LogP contribution in [0.3, 0.4) is 0 Å². The largest absolute Gasteiger partial charge is 0.351 e. The first-order valence-corrected chi connectivity index (χ1v) is 6.03. The van der Waals surface area contributed by atoms with Crippen LogP contribution in [0.25, 0.3) is 0 Å². The topological polar surface area (TPSA) is 58.4 Å². The van der Waals surface area contributed by atoms with Gasteiger partial charge in [-0.1, -0.05) is 18.2 Å². The summed E-state index contributed by atoms with van der Waals surface area (Å²) < 4.78 is 0. The van der Waals surface area contributed by atoms with Crippen LogP contribution in [0.2, 0.25) is 0 Å². The Morgan fingerprint density at radius 2 is 2.00 bits per heavy atom. The van der Waals surface area contributed by atoms with Crippen molar-refractivity contribution in [3.05, 3.63) is 29.8 Å². The summed E-state index contributed by atoms with van der Waals surface area (Å²) in [6.45, 7) is 2.08. The van der Waals surface area contributed by atoms with Gasteiger partial charge in [-0.3, -0.25) is 4.90 Å². The van der Waals surface area contributed by atoms with Gasteiger partial charge in [-0.15, -0.1) is 0 Å². The van der Waals surface area contributed by atoms with E-state index in [1.54, 1.807) is 7.05 Å². The molecule has 17 heavy (non-hydrogen) atoms. The molecule has 1 aliphatic rings.